The van der Waals surface area contributed by atoms with E-state index in [9.17, 15) is 9.90 Å². The van der Waals surface area contributed by atoms with Gasteiger partial charge in [0.2, 0.25) is 5.91 Å². The number of carbonyl (C=O) groups is 1. The van der Waals surface area contributed by atoms with Crippen LogP contribution in [0.15, 0.2) is 49.1 Å². The maximum Gasteiger partial charge on any atom is 0.246 e. The highest BCUT2D eigenvalue weighted by Crippen LogP contribution is 2.44. The highest BCUT2D eigenvalue weighted by atomic mass is 16.3. The second-order valence-corrected chi connectivity index (χ2v) is 7.71. The second kappa shape index (κ2) is 6.48. The van der Waals surface area contributed by atoms with E-state index in [1.54, 1.807) is 12.1 Å². The molecule has 1 aromatic carbocycles. The Hall–Kier alpha value is -3.15. The van der Waals surface area contributed by atoms with Gasteiger partial charge in [-0.05, 0) is 56.0 Å². The van der Waals surface area contributed by atoms with Gasteiger partial charge in [-0.3, -0.25) is 4.79 Å². The number of benzene rings is 1. The molecule has 2 aromatic heterocycles. The highest BCUT2D eigenvalue weighted by molar-refractivity contribution is 5.88. The summed E-state index contributed by atoms with van der Waals surface area (Å²) in [6.07, 6.45) is 5.61. The van der Waals surface area contributed by atoms with Crippen LogP contribution in [0, 0.1) is 0 Å². The van der Waals surface area contributed by atoms with Gasteiger partial charge in [-0.2, -0.15) is 0 Å². The molecule has 2 aliphatic rings. The molecule has 28 heavy (non-hydrogen) atoms. The van der Waals surface area contributed by atoms with Crippen molar-refractivity contribution in [1.82, 2.24) is 20.1 Å². The molecule has 2 fully saturated rings. The van der Waals surface area contributed by atoms with E-state index in [0.717, 1.165) is 42.4 Å². The molecular weight excluding hydrogens is 352 g/mol. The van der Waals surface area contributed by atoms with Crippen molar-refractivity contribution >= 4 is 16.9 Å². The van der Waals surface area contributed by atoms with Gasteiger partial charge >= 0.3 is 0 Å². The zero-order valence-corrected chi connectivity index (χ0v) is 15.5. The predicted molar refractivity (Wildman–Crippen MR) is 107 cm³/mol. The molecule has 2 N–H and O–H groups in total. The molecule has 3 atom stereocenters. The number of aromatic nitrogens is 3. The number of piperidine rings is 1. The standard InChI is InChI=1S/C22H22N4O2/c1-2-21(28)26-14-7-9-15(19(26)10-8-14)17-11-13-12-18(24-25-22(13)23-17)16-5-3-4-6-20(16)27/h2-6,11-12,14-15,19,27H,1,7-10H2,(H,23,25)/t14-,15+,19-/m1/s1. The highest BCUT2D eigenvalue weighted by Gasteiger charge is 2.44. The summed E-state index contributed by atoms with van der Waals surface area (Å²) in [6.45, 7) is 3.67. The smallest absolute Gasteiger partial charge is 0.246 e. The van der Waals surface area contributed by atoms with E-state index < -0.39 is 0 Å². The average molecular weight is 374 g/mol. The number of nitrogens with one attached hydrogen (secondary N) is 1. The van der Waals surface area contributed by atoms with Gasteiger partial charge in [-0.1, -0.05) is 18.7 Å². The first kappa shape index (κ1) is 17.0. The Kier molecular flexibility index (Phi) is 3.93. The number of phenolic OH excluding ortho intramolecular Hbond substituents is 1. The minimum absolute atomic E-state index is 0.0370. The van der Waals surface area contributed by atoms with E-state index in [2.05, 4.69) is 27.8 Å². The summed E-state index contributed by atoms with van der Waals surface area (Å²) in [6, 6.07) is 11.8. The minimum atomic E-state index is 0.0370. The quantitative estimate of drug-likeness (QED) is 0.684. The van der Waals surface area contributed by atoms with E-state index >= 15 is 0 Å². The lowest BCUT2D eigenvalue weighted by Crippen LogP contribution is -2.46. The summed E-state index contributed by atoms with van der Waals surface area (Å²) >= 11 is 0. The van der Waals surface area contributed by atoms with Crippen LogP contribution in [0.3, 0.4) is 0 Å². The van der Waals surface area contributed by atoms with Crippen LogP contribution in [0.1, 0.15) is 37.3 Å². The molecule has 6 heteroatoms. The number of nitrogens with zero attached hydrogens (tertiary/aromatic N) is 3. The molecule has 3 aromatic rings. The molecule has 0 radical (unpaired) electrons. The summed E-state index contributed by atoms with van der Waals surface area (Å²) in [4.78, 5) is 17.8. The van der Waals surface area contributed by atoms with Gasteiger partial charge in [0.15, 0.2) is 5.65 Å². The van der Waals surface area contributed by atoms with Crippen LogP contribution in [0.25, 0.3) is 22.3 Å². The summed E-state index contributed by atoms with van der Waals surface area (Å²) in [7, 11) is 0. The van der Waals surface area contributed by atoms with Crippen molar-refractivity contribution in [2.24, 2.45) is 0 Å². The molecule has 142 valence electrons. The minimum Gasteiger partial charge on any atom is -0.507 e. The SMILES string of the molecule is C=CC(=O)N1[C@H]2CC[C@@H]1[C@H](c1cc3cc(-c4ccccc4O)nnc3[nH]1)CC2. The Morgan fingerprint density at radius 2 is 2.00 bits per heavy atom. The van der Waals surface area contributed by atoms with E-state index in [-0.39, 0.29) is 23.6 Å². The molecule has 5 rings (SSSR count). The van der Waals surface area contributed by atoms with Gasteiger partial charge < -0.3 is 15.0 Å². The van der Waals surface area contributed by atoms with E-state index in [0.29, 0.717) is 17.3 Å². The van der Waals surface area contributed by atoms with Crippen molar-refractivity contribution in [3.63, 3.8) is 0 Å². The van der Waals surface area contributed by atoms with Crippen molar-refractivity contribution in [2.75, 3.05) is 0 Å². The maximum absolute atomic E-state index is 12.4. The topological polar surface area (TPSA) is 82.1 Å². The van der Waals surface area contributed by atoms with Gasteiger partial charge in [0.25, 0.3) is 0 Å². The van der Waals surface area contributed by atoms with Crippen LogP contribution < -0.4 is 0 Å². The summed E-state index contributed by atoms with van der Waals surface area (Å²) in [5.41, 5.74) is 3.14. The van der Waals surface area contributed by atoms with Crippen molar-refractivity contribution < 1.29 is 9.90 Å². The molecule has 6 nitrogen and oxygen atoms in total. The first-order chi connectivity index (χ1) is 13.7. The number of carbonyl (C=O) groups excluding carboxylic acids is 1. The number of amides is 1. The number of para-hydroxylation sites is 1. The van der Waals surface area contributed by atoms with Crippen LogP contribution >= 0.6 is 0 Å². The summed E-state index contributed by atoms with van der Waals surface area (Å²) in [5, 5.41) is 19.7. The van der Waals surface area contributed by atoms with Gasteiger partial charge in [0, 0.05) is 34.6 Å². The fourth-order valence-electron chi connectivity index (χ4n) is 4.94. The monoisotopic (exact) mass is 374 g/mol. The molecule has 2 aliphatic heterocycles. The molecule has 0 unspecified atom stereocenters. The van der Waals surface area contributed by atoms with E-state index in [1.165, 1.54) is 6.08 Å². The zero-order valence-electron chi connectivity index (χ0n) is 15.5. The zero-order chi connectivity index (χ0) is 19.3. The van der Waals surface area contributed by atoms with Crippen LogP contribution in [-0.4, -0.2) is 43.2 Å². The van der Waals surface area contributed by atoms with Crippen LogP contribution in [0.5, 0.6) is 5.75 Å². The Balaban J connectivity index is 1.51. The van der Waals surface area contributed by atoms with Crippen LogP contribution in [-0.2, 0) is 4.79 Å². The first-order valence-corrected chi connectivity index (χ1v) is 9.75. The average Bonchev–Trinajstić information content (AvgIpc) is 3.27. The van der Waals surface area contributed by atoms with Gasteiger partial charge in [-0.25, -0.2) is 0 Å². The van der Waals surface area contributed by atoms with Gasteiger partial charge in [-0.15, -0.1) is 10.2 Å². The molecule has 2 bridgehead atoms. The number of hydrogen-bond acceptors (Lipinski definition) is 4. The lowest BCUT2D eigenvalue weighted by Gasteiger charge is -2.39. The van der Waals surface area contributed by atoms with Crippen molar-refractivity contribution in [3.8, 4) is 17.0 Å². The number of phenols is 1. The third kappa shape index (κ3) is 2.59. The molecular formula is C22H22N4O2. The Labute approximate surface area is 162 Å². The largest absolute Gasteiger partial charge is 0.507 e. The van der Waals surface area contributed by atoms with E-state index in [4.69, 9.17) is 0 Å². The lowest BCUT2D eigenvalue weighted by atomic mass is 9.87. The maximum atomic E-state index is 12.4. The third-order valence-electron chi connectivity index (χ3n) is 6.23. The van der Waals surface area contributed by atoms with Crippen molar-refractivity contribution in [2.45, 2.75) is 43.7 Å². The van der Waals surface area contributed by atoms with Gasteiger partial charge in [0.1, 0.15) is 5.75 Å². The Morgan fingerprint density at radius 1 is 1.18 bits per heavy atom. The van der Waals surface area contributed by atoms with Crippen LogP contribution in [0.2, 0.25) is 0 Å². The summed E-state index contributed by atoms with van der Waals surface area (Å²) in [5.74, 6) is 0.495. The molecule has 2 saturated heterocycles. The Morgan fingerprint density at radius 3 is 2.82 bits per heavy atom. The number of fused-ring (bicyclic) bond motifs is 3. The summed E-state index contributed by atoms with van der Waals surface area (Å²) < 4.78 is 0. The number of rotatable bonds is 3. The number of aromatic amines is 1. The van der Waals surface area contributed by atoms with Gasteiger partial charge in [0.05, 0.1) is 5.69 Å². The molecule has 1 amide bonds. The molecule has 0 spiro atoms. The Bertz CT molecular complexity index is 1070. The first-order valence-electron chi connectivity index (χ1n) is 9.75. The number of H-pyrrole nitrogens is 1. The molecule has 4 heterocycles. The fourth-order valence-corrected chi connectivity index (χ4v) is 4.94. The number of aromatic hydroxyl groups is 1. The third-order valence-corrected chi connectivity index (χ3v) is 6.23. The molecule has 0 aliphatic carbocycles. The van der Waals surface area contributed by atoms with Crippen molar-refractivity contribution in [3.05, 3.63) is 54.7 Å². The van der Waals surface area contributed by atoms with Crippen molar-refractivity contribution in [1.29, 1.82) is 0 Å². The second-order valence-electron chi connectivity index (χ2n) is 7.71. The molecule has 0 saturated carbocycles. The van der Waals surface area contributed by atoms with E-state index in [1.807, 2.05) is 23.1 Å². The lowest BCUT2D eigenvalue weighted by molar-refractivity contribution is -0.130. The normalized spacial score (nSPS) is 23.9. The number of hydrogen-bond donors (Lipinski definition) is 2. The van der Waals surface area contributed by atoms with Crippen LogP contribution in [0.4, 0.5) is 0 Å². The fraction of sp³-hybridized carbons (Fsp3) is 0.318. The predicted octanol–water partition coefficient (Wildman–Crippen LogP) is 3.75.